The second-order valence-electron chi connectivity index (χ2n) is 3.95. The van der Waals surface area contributed by atoms with Gasteiger partial charge in [0.15, 0.2) is 5.78 Å². The molecule has 0 bridgehead atoms. The van der Waals surface area contributed by atoms with Crippen molar-refractivity contribution in [3.8, 4) is 11.5 Å². The summed E-state index contributed by atoms with van der Waals surface area (Å²) < 4.78 is 5.68. The molecule has 0 aromatic heterocycles. The largest absolute Gasteiger partial charge is 0.457 e. The zero-order chi connectivity index (χ0) is 13.0. The summed E-state index contributed by atoms with van der Waals surface area (Å²) in [6.07, 6.45) is 0. The highest BCUT2D eigenvalue weighted by molar-refractivity contribution is 5.94. The van der Waals surface area contributed by atoms with E-state index in [2.05, 4.69) is 0 Å². The number of carbonyl (C=O) groups is 1. The first-order valence-corrected chi connectivity index (χ1v) is 5.68. The number of hydrogen-bond donors (Lipinski definition) is 1. The summed E-state index contributed by atoms with van der Waals surface area (Å²) in [6.45, 7) is 1.43. The summed E-state index contributed by atoms with van der Waals surface area (Å²) in [5.74, 6) is 1.18. The molecule has 0 spiro atoms. The third kappa shape index (κ3) is 2.76. The Bertz CT molecular complexity index is 561. The van der Waals surface area contributed by atoms with Crippen molar-refractivity contribution >= 4 is 5.78 Å². The van der Waals surface area contributed by atoms with Gasteiger partial charge in [0.2, 0.25) is 0 Å². The molecule has 0 radical (unpaired) electrons. The van der Waals surface area contributed by atoms with Crippen LogP contribution in [0.4, 0.5) is 0 Å². The lowest BCUT2D eigenvalue weighted by molar-refractivity contribution is 0.101. The van der Waals surface area contributed by atoms with E-state index < -0.39 is 0 Å². The van der Waals surface area contributed by atoms with Crippen LogP contribution < -0.4 is 4.74 Å². The van der Waals surface area contributed by atoms with Crippen LogP contribution >= 0.6 is 0 Å². The Morgan fingerprint density at radius 2 is 1.94 bits per heavy atom. The first-order valence-electron chi connectivity index (χ1n) is 5.68. The summed E-state index contributed by atoms with van der Waals surface area (Å²) in [6, 6.07) is 14.2. The van der Waals surface area contributed by atoms with Crippen LogP contribution in [0.2, 0.25) is 0 Å². The van der Waals surface area contributed by atoms with Crippen molar-refractivity contribution in [1.29, 1.82) is 0 Å². The Balaban J connectivity index is 2.28. The Hall–Kier alpha value is -2.13. The molecule has 2 rings (SSSR count). The van der Waals surface area contributed by atoms with Crippen molar-refractivity contribution in [1.82, 2.24) is 0 Å². The van der Waals surface area contributed by atoms with E-state index in [0.29, 0.717) is 22.6 Å². The van der Waals surface area contributed by atoms with Gasteiger partial charge in [0.25, 0.3) is 0 Å². The molecule has 0 fully saturated rings. The van der Waals surface area contributed by atoms with Gasteiger partial charge >= 0.3 is 0 Å². The van der Waals surface area contributed by atoms with Gasteiger partial charge in [0.05, 0.1) is 6.61 Å². The van der Waals surface area contributed by atoms with Gasteiger partial charge in [-0.2, -0.15) is 0 Å². The Morgan fingerprint density at radius 1 is 1.17 bits per heavy atom. The lowest BCUT2D eigenvalue weighted by atomic mass is 10.1. The van der Waals surface area contributed by atoms with Gasteiger partial charge in [-0.3, -0.25) is 4.79 Å². The minimum absolute atomic E-state index is 0.00380. The quantitative estimate of drug-likeness (QED) is 0.837. The van der Waals surface area contributed by atoms with Crippen LogP contribution in [0.1, 0.15) is 22.8 Å². The van der Waals surface area contributed by atoms with Crippen molar-refractivity contribution in [2.45, 2.75) is 13.5 Å². The number of Topliss-reactive ketones (excluding diaryl/α,β-unsaturated/α-hetero) is 1. The molecular weight excluding hydrogens is 228 g/mol. The highest BCUT2D eigenvalue weighted by Crippen LogP contribution is 2.25. The highest BCUT2D eigenvalue weighted by atomic mass is 16.5. The normalized spacial score (nSPS) is 10.1. The van der Waals surface area contributed by atoms with E-state index in [1.807, 2.05) is 12.1 Å². The molecule has 1 N–H and O–H groups in total. The lowest BCUT2D eigenvalue weighted by Gasteiger charge is -2.09. The van der Waals surface area contributed by atoms with Gasteiger partial charge in [0, 0.05) is 11.1 Å². The third-order valence-corrected chi connectivity index (χ3v) is 2.61. The molecular formula is C15H14O3. The predicted octanol–water partition coefficient (Wildman–Crippen LogP) is 3.17. The topological polar surface area (TPSA) is 46.5 Å². The number of aliphatic hydroxyl groups is 1. The molecule has 3 nitrogen and oxygen atoms in total. The minimum atomic E-state index is -0.0808. The Labute approximate surface area is 106 Å². The van der Waals surface area contributed by atoms with E-state index in [9.17, 15) is 9.90 Å². The molecule has 0 aliphatic carbocycles. The number of ether oxygens (including phenoxy) is 1. The Morgan fingerprint density at radius 3 is 2.67 bits per heavy atom. The SMILES string of the molecule is CC(=O)c1cccc(Oc2ccccc2CO)c1. The number of para-hydroxylation sites is 1. The lowest BCUT2D eigenvalue weighted by Crippen LogP contribution is -1.94. The molecule has 0 saturated carbocycles. The summed E-state index contributed by atoms with van der Waals surface area (Å²) >= 11 is 0. The van der Waals surface area contributed by atoms with Gasteiger partial charge in [0.1, 0.15) is 11.5 Å². The molecule has 2 aromatic rings. The van der Waals surface area contributed by atoms with Crippen molar-refractivity contribution in [3.63, 3.8) is 0 Å². The van der Waals surface area contributed by atoms with Crippen LogP contribution in [0, 0.1) is 0 Å². The number of aliphatic hydroxyl groups excluding tert-OH is 1. The van der Waals surface area contributed by atoms with Crippen molar-refractivity contribution in [2.24, 2.45) is 0 Å². The van der Waals surface area contributed by atoms with E-state index in [1.165, 1.54) is 6.92 Å². The second-order valence-corrected chi connectivity index (χ2v) is 3.95. The second kappa shape index (κ2) is 5.47. The maximum atomic E-state index is 11.3. The smallest absolute Gasteiger partial charge is 0.159 e. The molecule has 0 unspecified atom stereocenters. The standard InChI is InChI=1S/C15H14O3/c1-11(17)12-6-4-7-14(9-12)18-15-8-3-2-5-13(15)10-16/h2-9,16H,10H2,1H3. The molecule has 0 heterocycles. The molecule has 0 amide bonds. The van der Waals surface area contributed by atoms with E-state index in [-0.39, 0.29) is 12.4 Å². The van der Waals surface area contributed by atoms with E-state index in [1.54, 1.807) is 36.4 Å². The van der Waals surface area contributed by atoms with Crippen LogP contribution in [0.3, 0.4) is 0 Å². The van der Waals surface area contributed by atoms with Crippen LogP contribution in [0.25, 0.3) is 0 Å². The number of ketones is 1. The number of hydrogen-bond acceptors (Lipinski definition) is 3. The van der Waals surface area contributed by atoms with Gasteiger partial charge in [-0.1, -0.05) is 30.3 Å². The van der Waals surface area contributed by atoms with Crippen LogP contribution in [0.15, 0.2) is 48.5 Å². The first kappa shape index (κ1) is 12.3. The van der Waals surface area contributed by atoms with Gasteiger partial charge < -0.3 is 9.84 Å². The van der Waals surface area contributed by atoms with Gasteiger partial charge in [-0.05, 0) is 25.1 Å². The van der Waals surface area contributed by atoms with E-state index in [4.69, 9.17) is 4.74 Å². The summed E-state index contributed by atoms with van der Waals surface area (Å²) in [7, 11) is 0. The average molecular weight is 242 g/mol. The van der Waals surface area contributed by atoms with E-state index >= 15 is 0 Å². The van der Waals surface area contributed by atoms with Crippen LogP contribution in [-0.2, 0) is 6.61 Å². The fraction of sp³-hybridized carbons (Fsp3) is 0.133. The van der Waals surface area contributed by atoms with Gasteiger partial charge in [-0.25, -0.2) is 0 Å². The minimum Gasteiger partial charge on any atom is -0.457 e. The van der Waals surface area contributed by atoms with Crippen LogP contribution in [0.5, 0.6) is 11.5 Å². The zero-order valence-corrected chi connectivity index (χ0v) is 10.1. The predicted molar refractivity (Wildman–Crippen MR) is 68.9 cm³/mol. The first-order chi connectivity index (χ1) is 8.70. The maximum absolute atomic E-state index is 11.3. The van der Waals surface area contributed by atoms with Crippen molar-refractivity contribution < 1.29 is 14.6 Å². The zero-order valence-electron chi connectivity index (χ0n) is 10.1. The number of carbonyl (C=O) groups excluding carboxylic acids is 1. The summed E-state index contributed by atoms with van der Waals surface area (Å²) in [5.41, 5.74) is 1.32. The Kier molecular flexibility index (Phi) is 3.75. The fourth-order valence-electron chi connectivity index (χ4n) is 1.64. The monoisotopic (exact) mass is 242 g/mol. The molecule has 3 heteroatoms. The molecule has 0 aliphatic heterocycles. The number of benzene rings is 2. The molecule has 0 saturated heterocycles. The molecule has 18 heavy (non-hydrogen) atoms. The number of rotatable bonds is 4. The molecule has 0 aliphatic rings. The highest BCUT2D eigenvalue weighted by Gasteiger charge is 2.05. The average Bonchev–Trinajstić information content (AvgIpc) is 2.39. The van der Waals surface area contributed by atoms with Crippen LogP contribution in [-0.4, -0.2) is 10.9 Å². The van der Waals surface area contributed by atoms with Crippen molar-refractivity contribution in [2.75, 3.05) is 0 Å². The fourth-order valence-corrected chi connectivity index (χ4v) is 1.64. The molecule has 2 aromatic carbocycles. The van der Waals surface area contributed by atoms with Crippen molar-refractivity contribution in [3.05, 3.63) is 59.7 Å². The summed E-state index contributed by atoms with van der Waals surface area (Å²) in [4.78, 5) is 11.3. The van der Waals surface area contributed by atoms with Gasteiger partial charge in [-0.15, -0.1) is 0 Å². The summed E-state index contributed by atoms with van der Waals surface area (Å²) in [5, 5.41) is 9.21. The molecule has 92 valence electrons. The van der Waals surface area contributed by atoms with E-state index in [0.717, 1.165) is 0 Å². The molecule has 0 atom stereocenters. The maximum Gasteiger partial charge on any atom is 0.159 e. The third-order valence-electron chi connectivity index (χ3n) is 2.61.